The van der Waals surface area contributed by atoms with E-state index in [-0.39, 0.29) is 18.1 Å². The lowest BCUT2D eigenvalue weighted by molar-refractivity contribution is 0.369. The monoisotopic (exact) mass is 281 g/mol. The van der Waals surface area contributed by atoms with Crippen LogP contribution in [0.2, 0.25) is 0 Å². The lowest BCUT2D eigenvalue weighted by Crippen LogP contribution is -2.45. The van der Waals surface area contributed by atoms with Crippen LogP contribution in [0.5, 0.6) is 0 Å². The van der Waals surface area contributed by atoms with E-state index in [1.807, 2.05) is 37.7 Å². The fraction of sp³-hybridized carbons (Fsp3) is 0.375. The highest BCUT2D eigenvalue weighted by Crippen LogP contribution is 2.36. The van der Waals surface area contributed by atoms with Crippen molar-refractivity contribution < 1.29 is 0 Å². The van der Waals surface area contributed by atoms with Crippen LogP contribution in [0, 0.1) is 5.92 Å². The summed E-state index contributed by atoms with van der Waals surface area (Å²) in [6.07, 6.45) is 15.8. The minimum absolute atomic E-state index is 0.0922. The Morgan fingerprint density at radius 1 is 1.29 bits per heavy atom. The summed E-state index contributed by atoms with van der Waals surface area (Å²) in [4.78, 5) is 13.7. The third kappa shape index (κ3) is 2.00. The zero-order chi connectivity index (χ0) is 14.4. The first kappa shape index (κ1) is 12.4. The molecule has 4 rings (SSSR count). The Balaban J connectivity index is 1.80. The molecule has 1 N–H and O–H groups in total. The van der Waals surface area contributed by atoms with Crippen LogP contribution >= 0.6 is 0 Å². The summed E-state index contributed by atoms with van der Waals surface area (Å²) < 4.78 is 0. The SMILES string of the molecule is CN1/C=C\C2=C[C@H]3C(=CC2)C2N=CN(C)C2N=C3N/C=C/1. The molecular formula is C16H19N5. The van der Waals surface area contributed by atoms with Gasteiger partial charge in [0.25, 0.3) is 0 Å². The lowest BCUT2D eigenvalue weighted by Gasteiger charge is -2.35. The largest absolute Gasteiger partial charge is 0.356 e. The maximum Gasteiger partial charge on any atom is 0.150 e. The number of fused-ring (bicyclic) bond motifs is 2. The van der Waals surface area contributed by atoms with E-state index in [9.17, 15) is 0 Å². The van der Waals surface area contributed by atoms with Crippen molar-refractivity contribution in [3.05, 3.63) is 48.0 Å². The van der Waals surface area contributed by atoms with Crippen molar-refractivity contribution >= 4 is 12.2 Å². The summed E-state index contributed by atoms with van der Waals surface area (Å²) in [5, 5.41) is 3.37. The first-order valence-electron chi connectivity index (χ1n) is 7.29. The summed E-state index contributed by atoms with van der Waals surface area (Å²) >= 11 is 0. The summed E-state index contributed by atoms with van der Waals surface area (Å²) in [7, 11) is 4.06. The van der Waals surface area contributed by atoms with Crippen molar-refractivity contribution in [2.24, 2.45) is 15.9 Å². The molecule has 3 heterocycles. The van der Waals surface area contributed by atoms with Gasteiger partial charge in [-0.1, -0.05) is 12.2 Å². The Labute approximate surface area is 124 Å². The quantitative estimate of drug-likeness (QED) is 0.684. The second-order valence-corrected chi connectivity index (χ2v) is 5.87. The molecule has 0 saturated carbocycles. The number of hydrogen-bond donors (Lipinski definition) is 1. The third-order valence-electron chi connectivity index (χ3n) is 4.39. The van der Waals surface area contributed by atoms with Gasteiger partial charge in [-0.3, -0.25) is 4.99 Å². The molecule has 0 saturated heterocycles. The van der Waals surface area contributed by atoms with E-state index in [1.54, 1.807) is 0 Å². The molecule has 2 bridgehead atoms. The number of hydrogen-bond acceptors (Lipinski definition) is 5. The smallest absolute Gasteiger partial charge is 0.150 e. The molecule has 0 aromatic carbocycles. The first-order chi connectivity index (χ1) is 10.2. The molecule has 0 amide bonds. The van der Waals surface area contributed by atoms with Gasteiger partial charge in [0, 0.05) is 32.7 Å². The predicted octanol–water partition coefficient (Wildman–Crippen LogP) is 1.46. The van der Waals surface area contributed by atoms with Crippen molar-refractivity contribution in [2.45, 2.75) is 18.6 Å². The topological polar surface area (TPSA) is 43.2 Å². The van der Waals surface area contributed by atoms with Crippen LogP contribution < -0.4 is 5.32 Å². The Morgan fingerprint density at radius 2 is 2.19 bits per heavy atom. The van der Waals surface area contributed by atoms with Crippen LogP contribution in [0.4, 0.5) is 0 Å². The molecule has 0 spiro atoms. The number of likely N-dealkylation sites (N-methyl/N-ethyl adjacent to an activating group) is 1. The highest BCUT2D eigenvalue weighted by atomic mass is 15.3. The van der Waals surface area contributed by atoms with Crippen LogP contribution in [0.15, 0.2) is 58.0 Å². The fourth-order valence-electron chi connectivity index (χ4n) is 3.22. The van der Waals surface area contributed by atoms with Gasteiger partial charge < -0.3 is 15.1 Å². The number of nitrogens with zero attached hydrogens (tertiary/aromatic N) is 4. The molecule has 1 aliphatic carbocycles. The van der Waals surface area contributed by atoms with Crippen LogP contribution in [0.1, 0.15) is 6.42 Å². The molecule has 0 radical (unpaired) electrons. The highest BCUT2D eigenvalue weighted by molar-refractivity contribution is 5.92. The van der Waals surface area contributed by atoms with Crippen LogP contribution in [0.3, 0.4) is 0 Å². The maximum atomic E-state index is 4.89. The van der Waals surface area contributed by atoms with Gasteiger partial charge in [-0.25, -0.2) is 4.99 Å². The Kier molecular flexibility index (Phi) is 2.74. The number of aliphatic imine (C=N–C) groups is 2. The van der Waals surface area contributed by atoms with Gasteiger partial charge in [0.1, 0.15) is 18.0 Å². The van der Waals surface area contributed by atoms with Gasteiger partial charge >= 0.3 is 0 Å². The van der Waals surface area contributed by atoms with Crippen molar-refractivity contribution in [3.63, 3.8) is 0 Å². The molecule has 0 aromatic rings. The molecule has 2 unspecified atom stereocenters. The van der Waals surface area contributed by atoms with Crippen molar-refractivity contribution in [1.29, 1.82) is 0 Å². The molecule has 4 aliphatic rings. The summed E-state index contributed by atoms with van der Waals surface area (Å²) in [5.74, 6) is 1.23. The van der Waals surface area contributed by atoms with E-state index in [4.69, 9.17) is 4.99 Å². The number of allylic oxidation sites excluding steroid dienone is 3. The standard InChI is InChI=1S/C16H19N5/c1-20-7-5-11-3-4-12-13(9-11)15(17-6-8-20)19-16-14(12)18-10-21(16)2/h4-10,13-14,16H,3H2,1-2H3,(H,17,19)/b7-5-,8-6+/t13-,14?,16?/m0/s1. The predicted molar refractivity (Wildman–Crippen MR) is 84.7 cm³/mol. The third-order valence-corrected chi connectivity index (χ3v) is 4.39. The van der Waals surface area contributed by atoms with Crippen LogP contribution in [0.25, 0.3) is 0 Å². The molecular weight excluding hydrogens is 262 g/mol. The Bertz CT molecular complexity index is 637. The maximum absolute atomic E-state index is 4.89. The molecule has 5 nitrogen and oxygen atoms in total. The lowest BCUT2D eigenvalue weighted by atomic mass is 9.81. The summed E-state index contributed by atoms with van der Waals surface area (Å²) in [6.45, 7) is 0. The van der Waals surface area contributed by atoms with E-state index in [1.165, 1.54) is 11.1 Å². The minimum Gasteiger partial charge on any atom is -0.356 e. The number of amidine groups is 1. The summed E-state index contributed by atoms with van der Waals surface area (Å²) in [5.41, 5.74) is 2.70. The molecule has 0 fully saturated rings. The van der Waals surface area contributed by atoms with Crippen LogP contribution in [-0.4, -0.2) is 48.3 Å². The zero-order valence-electron chi connectivity index (χ0n) is 12.3. The van der Waals surface area contributed by atoms with E-state index < -0.39 is 0 Å². The molecule has 0 aromatic heterocycles. The first-order valence-corrected chi connectivity index (χ1v) is 7.29. The molecule has 3 aliphatic heterocycles. The van der Waals surface area contributed by atoms with Gasteiger partial charge in [0.15, 0.2) is 0 Å². The average molecular weight is 281 g/mol. The van der Waals surface area contributed by atoms with Gasteiger partial charge in [-0.05, 0) is 23.6 Å². The highest BCUT2D eigenvalue weighted by Gasteiger charge is 2.40. The Morgan fingerprint density at radius 3 is 3.10 bits per heavy atom. The van der Waals surface area contributed by atoms with Crippen molar-refractivity contribution in [1.82, 2.24) is 15.1 Å². The zero-order valence-corrected chi connectivity index (χ0v) is 12.3. The molecule has 21 heavy (non-hydrogen) atoms. The minimum atomic E-state index is 0.0922. The molecule has 5 heteroatoms. The van der Waals surface area contributed by atoms with Crippen LogP contribution in [-0.2, 0) is 0 Å². The van der Waals surface area contributed by atoms with Gasteiger partial charge in [0.2, 0.25) is 0 Å². The van der Waals surface area contributed by atoms with Crippen molar-refractivity contribution in [2.75, 3.05) is 14.1 Å². The van der Waals surface area contributed by atoms with Gasteiger partial charge in [0.05, 0.1) is 12.3 Å². The second-order valence-electron chi connectivity index (χ2n) is 5.87. The van der Waals surface area contributed by atoms with Gasteiger partial charge in [-0.15, -0.1) is 0 Å². The van der Waals surface area contributed by atoms with E-state index in [0.717, 1.165) is 12.3 Å². The fourth-order valence-corrected chi connectivity index (χ4v) is 3.22. The number of nitrogens with one attached hydrogen (secondary N) is 1. The van der Waals surface area contributed by atoms with Crippen molar-refractivity contribution in [3.8, 4) is 0 Å². The average Bonchev–Trinajstić information content (AvgIpc) is 2.86. The Hall–Kier alpha value is -2.30. The van der Waals surface area contributed by atoms with E-state index in [0.29, 0.717) is 0 Å². The van der Waals surface area contributed by atoms with E-state index in [2.05, 4.69) is 39.6 Å². The summed E-state index contributed by atoms with van der Waals surface area (Å²) in [6, 6.07) is 0.168. The molecule has 108 valence electrons. The number of rotatable bonds is 0. The molecule has 3 atom stereocenters. The van der Waals surface area contributed by atoms with E-state index >= 15 is 0 Å². The normalized spacial score (nSPS) is 36.1. The van der Waals surface area contributed by atoms with Gasteiger partial charge in [-0.2, -0.15) is 0 Å². The second kappa shape index (κ2) is 4.62.